The molecule has 0 aromatic heterocycles. The van der Waals surface area contributed by atoms with Crippen molar-refractivity contribution in [3.05, 3.63) is 322 Å². The van der Waals surface area contributed by atoms with Crippen LogP contribution in [-0.2, 0) is 43.6 Å². The Kier molecular flexibility index (Phi) is 30.6. The molecule has 0 radical (unpaired) electrons. The van der Waals surface area contributed by atoms with Gasteiger partial charge in [0.05, 0.1) is 50.2 Å². The summed E-state index contributed by atoms with van der Waals surface area (Å²) >= 11 is 0. The van der Waals surface area contributed by atoms with Crippen molar-refractivity contribution >= 4 is 43.6 Å². The summed E-state index contributed by atoms with van der Waals surface area (Å²) in [5.74, 6) is 6.29. The van der Waals surface area contributed by atoms with E-state index in [0.29, 0.717) is 0 Å². The first-order chi connectivity index (χ1) is 52.7. The Labute approximate surface area is 676 Å². The third-order valence-corrected chi connectivity index (χ3v) is 24.5. The molecule has 0 heterocycles. The van der Waals surface area contributed by atoms with Gasteiger partial charge in [0.25, 0.3) is 0 Å². The molecule has 0 spiro atoms. The zero-order valence-corrected chi connectivity index (χ0v) is 72.0. The second-order valence-electron chi connectivity index (χ2n) is 32.6. The van der Waals surface area contributed by atoms with E-state index in [1.807, 2.05) is 0 Å². The van der Waals surface area contributed by atoms with Gasteiger partial charge >= 0.3 is 0 Å². The highest BCUT2D eigenvalue weighted by Crippen LogP contribution is 2.39. The van der Waals surface area contributed by atoms with E-state index in [-0.39, 0.29) is 77.2 Å². The lowest BCUT2D eigenvalue weighted by atomic mass is 10.2. The van der Waals surface area contributed by atoms with Crippen LogP contribution in [0.3, 0.4) is 0 Å². The van der Waals surface area contributed by atoms with E-state index < -0.39 is 0 Å². The van der Waals surface area contributed by atoms with Crippen molar-refractivity contribution in [1.29, 1.82) is 0 Å². The second kappa shape index (κ2) is 39.7. The highest BCUT2D eigenvalue weighted by molar-refractivity contribution is 7.98. The van der Waals surface area contributed by atoms with Gasteiger partial charge < -0.3 is 33.2 Å². The average molecular weight is 1560 g/mol. The van der Waals surface area contributed by atoms with Crippen LogP contribution in [-0.4, -0.2) is 40.2 Å². The lowest BCUT2D eigenvalue weighted by Crippen LogP contribution is -2.23. The van der Waals surface area contributed by atoms with Gasteiger partial charge in [0.1, 0.15) is 73.9 Å². The Hall–Kier alpha value is -9.36. The van der Waals surface area contributed by atoms with Crippen LogP contribution in [0.4, 0.5) is 0 Å². The molecular formula is C100H116O7S4+4. The van der Waals surface area contributed by atoms with E-state index in [4.69, 9.17) is 33.2 Å². The largest absolute Gasteiger partial charge is 0.494 e. The van der Waals surface area contributed by atoms with Gasteiger partial charge in [0, 0.05) is 0 Å². The minimum absolute atomic E-state index is 0.0858. The molecule has 0 atom stereocenters. The molecule has 12 rings (SSSR count). The van der Waals surface area contributed by atoms with E-state index in [0.717, 1.165) is 59.7 Å². The molecule has 0 saturated carbocycles. The van der Waals surface area contributed by atoms with Crippen LogP contribution < -0.4 is 33.2 Å². The second-order valence-corrected chi connectivity index (χ2v) is 40.7. The third-order valence-electron chi connectivity index (χ3n) is 15.6. The smallest absolute Gasteiger partial charge is 0.166 e. The first-order valence-corrected chi connectivity index (χ1v) is 43.3. The number of unbranched alkanes of at least 4 members (excludes halogenated alkanes) is 1. The minimum Gasteiger partial charge on any atom is -0.494 e. The molecule has 12 aromatic rings. The Morgan fingerprint density at radius 3 is 0.450 bits per heavy atom. The predicted octanol–water partition coefficient (Wildman–Crippen LogP) is 27.4. The van der Waals surface area contributed by atoms with Gasteiger partial charge in [-0.2, -0.15) is 0 Å². The van der Waals surface area contributed by atoms with Gasteiger partial charge in [0.2, 0.25) is 0 Å². The van der Waals surface area contributed by atoms with E-state index in [9.17, 15) is 0 Å². The van der Waals surface area contributed by atoms with Crippen molar-refractivity contribution in [2.24, 2.45) is 0 Å². The number of hydrogen-bond donors (Lipinski definition) is 0. The normalized spacial score (nSPS) is 11.8. The third kappa shape index (κ3) is 29.0. The molecule has 0 fully saturated rings. The lowest BCUT2D eigenvalue weighted by Gasteiger charge is -2.22. The number of benzene rings is 12. The maximum Gasteiger partial charge on any atom is 0.166 e. The van der Waals surface area contributed by atoms with Gasteiger partial charge in [-0.1, -0.05) is 104 Å². The fraction of sp³-hybridized carbons (Fsp3) is 0.280. The molecule has 0 saturated heterocycles. The molecule has 11 heteroatoms. The van der Waals surface area contributed by atoms with Gasteiger partial charge in [0.15, 0.2) is 58.7 Å². The quantitative estimate of drug-likeness (QED) is 0.0495. The van der Waals surface area contributed by atoms with Crippen LogP contribution in [0.5, 0.6) is 40.2 Å². The van der Waals surface area contributed by atoms with Gasteiger partial charge in [-0.25, -0.2) is 0 Å². The van der Waals surface area contributed by atoms with Crippen molar-refractivity contribution in [1.82, 2.24) is 0 Å². The van der Waals surface area contributed by atoms with Crippen molar-refractivity contribution in [2.75, 3.05) is 6.61 Å². The molecule has 0 bridgehead atoms. The van der Waals surface area contributed by atoms with Crippen molar-refractivity contribution in [3.63, 3.8) is 0 Å². The summed E-state index contributed by atoms with van der Waals surface area (Å²) < 4.78 is 41.9. The summed E-state index contributed by atoms with van der Waals surface area (Å²) in [6.07, 6.45) is 2.25. The van der Waals surface area contributed by atoms with Crippen LogP contribution in [0.15, 0.2) is 380 Å². The zero-order chi connectivity index (χ0) is 79.8. The summed E-state index contributed by atoms with van der Waals surface area (Å²) in [5.41, 5.74) is -1.27. The van der Waals surface area contributed by atoms with E-state index in [1.54, 1.807) is 0 Å². The summed E-state index contributed by atoms with van der Waals surface area (Å²) in [6, 6.07) is 113. The molecular weight excluding hydrogens is 1440 g/mol. The monoisotopic (exact) mass is 1560 g/mol. The molecule has 578 valence electrons. The van der Waals surface area contributed by atoms with E-state index >= 15 is 0 Å². The minimum atomic E-state index is -0.276. The van der Waals surface area contributed by atoms with Crippen LogP contribution in [0.2, 0.25) is 0 Å². The summed E-state index contributed by atoms with van der Waals surface area (Å²) in [5, 5.41) is 0. The standard InChI is InChI=1S/C30H39O3S.C26H31O2S.2C22H23OS/c1-28(2,3)31-22-10-16-25(17-11-22)34(26-18-12-23(13-19-26)32-29(4,5)6)27-20-14-24(15-21-27)33-30(7,8)9;1-25(2,3)27-20-12-16-23(17-13-20)29(22-10-8-7-9-11-22)24-18-14-21(15-19-24)28-26(4,5)6;1-22(2,3)23-18-14-16-21(17-15-18)24(19-10-6-4-7-11-19)20-12-8-5-9-13-20;1-2-3-18-23-19-14-16-22(17-15-19)24(20-10-6-4-7-11-20)21-12-8-5-9-13-21/h10-21H,1-9H3;7-19H,1-6H3;4-17H,1-3H3;4-17H,2-3,18H2,1H3/q4*+1. The Morgan fingerprint density at radius 2 is 0.315 bits per heavy atom. The highest BCUT2D eigenvalue weighted by Gasteiger charge is 2.34. The molecule has 0 amide bonds. The van der Waals surface area contributed by atoms with E-state index in [2.05, 4.69) is 453 Å². The lowest BCUT2D eigenvalue weighted by molar-refractivity contribution is 0.130. The fourth-order valence-corrected chi connectivity index (χ4v) is 19.7. The van der Waals surface area contributed by atoms with Crippen LogP contribution in [0.1, 0.15) is 144 Å². The maximum absolute atomic E-state index is 6.04. The van der Waals surface area contributed by atoms with Gasteiger partial charge in [-0.05, 0) is 362 Å². The van der Waals surface area contributed by atoms with Gasteiger partial charge in [-0.15, -0.1) is 0 Å². The first-order valence-electron chi connectivity index (χ1n) is 38.4. The Balaban J connectivity index is 0.000000172. The summed E-state index contributed by atoms with van der Waals surface area (Å²) in [6.45, 7) is 40.1. The molecule has 0 N–H and O–H groups in total. The molecule has 111 heavy (non-hydrogen) atoms. The van der Waals surface area contributed by atoms with Crippen molar-refractivity contribution < 1.29 is 33.2 Å². The number of hydrogen-bond acceptors (Lipinski definition) is 7. The summed E-state index contributed by atoms with van der Waals surface area (Å²) in [7, 11) is -0.651. The van der Waals surface area contributed by atoms with Gasteiger partial charge in [-0.3, -0.25) is 0 Å². The van der Waals surface area contributed by atoms with Crippen LogP contribution >= 0.6 is 0 Å². The number of ether oxygens (including phenoxy) is 7. The molecule has 12 aromatic carbocycles. The predicted molar refractivity (Wildman–Crippen MR) is 469 cm³/mol. The fourth-order valence-electron chi connectivity index (χ4n) is 11.4. The maximum atomic E-state index is 6.04. The van der Waals surface area contributed by atoms with E-state index in [1.165, 1.54) is 58.7 Å². The van der Waals surface area contributed by atoms with Crippen molar-refractivity contribution in [3.8, 4) is 40.2 Å². The average Bonchev–Trinajstić information content (AvgIpc) is 0.775. The molecule has 0 aliphatic rings. The Bertz CT molecular complexity index is 4360. The topological polar surface area (TPSA) is 64.6 Å². The molecule has 0 aliphatic heterocycles. The van der Waals surface area contributed by atoms with Crippen molar-refractivity contribution in [2.45, 2.75) is 237 Å². The molecule has 0 unspecified atom stereocenters. The highest BCUT2D eigenvalue weighted by atomic mass is 32.2. The molecule has 7 nitrogen and oxygen atoms in total. The first kappa shape index (κ1) is 85.6. The molecule has 0 aliphatic carbocycles. The SMILES string of the molecule is CC(C)(C)Oc1ccc([S+](c2ccc(OC(C)(C)C)cc2)c2ccc(OC(C)(C)C)cc2)cc1.CC(C)(C)Oc1ccc([S+](c2ccccc2)c2ccc(OC(C)(C)C)cc2)cc1.CC(C)(C)Oc1ccc([S+](c2ccccc2)c2ccccc2)cc1.CCCCOc1ccc([S+](c2ccccc2)c2ccccc2)cc1. The number of rotatable bonds is 22. The van der Waals surface area contributed by atoms with Crippen LogP contribution in [0.25, 0.3) is 0 Å². The Morgan fingerprint density at radius 1 is 0.180 bits per heavy atom. The zero-order valence-electron chi connectivity index (χ0n) is 68.7. The van der Waals surface area contributed by atoms with Crippen LogP contribution in [0, 0.1) is 0 Å². The summed E-state index contributed by atoms with van der Waals surface area (Å²) in [4.78, 5) is 15.5.